The number of rotatable bonds is 7. The lowest BCUT2D eigenvalue weighted by Gasteiger charge is -2.14. The van der Waals surface area contributed by atoms with Gasteiger partial charge < -0.3 is 4.74 Å². The molecule has 2 amide bonds. The molecule has 0 radical (unpaired) electrons. The summed E-state index contributed by atoms with van der Waals surface area (Å²) in [6, 6.07) is 18.6. The Bertz CT molecular complexity index is 1250. The van der Waals surface area contributed by atoms with E-state index >= 15 is 0 Å². The van der Waals surface area contributed by atoms with Crippen LogP contribution in [0.15, 0.2) is 71.2 Å². The van der Waals surface area contributed by atoms with Crippen LogP contribution in [0.25, 0.3) is 16.4 Å². The number of thiophene rings is 1. The number of thioether (sulfide) groups is 1. The Kier molecular flexibility index (Phi) is 5.50. The van der Waals surface area contributed by atoms with Gasteiger partial charge in [0.05, 0.1) is 28.8 Å². The van der Waals surface area contributed by atoms with Crippen LogP contribution < -0.4 is 4.74 Å². The smallest absolute Gasteiger partial charge is 0.261 e. The molecule has 0 N–H and O–H groups in total. The fourth-order valence-corrected chi connectivity index (χ4v) is 5.14. The number of ether oxygens (including phenoxy) is 1. The molecule has 0 saturated carbocycles. The summed E-state index contributed by atoms with van der Waals surface area (Å²) < 4.78 is 7.26. The molecule has 2 aromatic heterocycles. The fraction of sp³-hybridized carbons (Fsp3) is 0.130. The van der Waals surface area contributed by atoms with Gasteiger partial charge in [-0.15, -0.1) is 21.5 Å². The molecule has 9 heteroatoms. The third-order valence-corrected chi connectivity index (χ3v) is 6.90. The maximum atomic E-state index is 12.6. The maximum Gasteiger partial charge on any atom is 0.261 e. The predicted molar refractivity (Wildman–Crippen MR) is 124 cm³/mol. The molecule has 0 unspecified atom stereocenters. The molecule has 1 aliphatic heterocycles. The van der Waals surface area contributed by atoms with Gasteiger partial charge in [-0.3, -0.25) is 19.1 Å². The van der Waals surface area contributed by atoms with Gasteiger partial charge in [0.15, 0.2) is 11.0 Å². The second-order valence-electron chi connectivity index (χ2n) is 6.97. The van der Waals surface area contributed by atoms with Gasteiger partial charge in [0.1, 0.15) is 5.75 Å². The van der Waals surface area contributed by atoms with Gasteiger partial charge in [-0.05, 0) is 47.8 Å². The second-order valence-corrected chi connectivity index (χ2v) is 8.98. The van der Waals surface area contributed by atoms with Crippen molar-refractivity contribution in [2.24, 2.45) is 0 Å². The number of methoxy groups -OCH3 is 1. The standard InChI is InChI=1S/C23H18N4O3S2/c1-30-16-10-8-15(9-11-16)27-20(19-7-4-13-31-19)24-25-23(27)32-14-12-26-21(28)17-5-2-3-6-18(17)22(26)29/h2-11,13H,12,14H2,1H3. The van der Waals surface area contributed by atoms with E-state index in [4.69, 9.17) is 4.74 Å². The SMILES string of the molecule is COc1ccc(-n2c(SCCN3C(=O)c4ccccc4C3=O)nnc2-c2cccs2)cc1. The van der Waals surface area contributed by atoms with E-state index in [1.807, 2.05) is 46.3 Å². The van der Waals surface area contributed by atoms with E-state index in [9.17, 15) is 9.59 Å². The van der Waals surface area contributed by atoms with E-state index in [2.05, 4.69) is 10.2 Å². The second kappa shape index (κ2) is 8.60. The first-order chi connectivity index (χ1) is 15.7. The number of fused-ring (bicyclic) bond motifs is 1. The molecular weight excluding hydrogens is 444 g/mol. The van der Waals surface area contributed by atoms with Crippen LogP contribution in [-0.4, -0.2) is 50.9 Å². The molecule has 7 nitrogen and oxygen atoms in total. The summed E-state index contributed by atoms with van der Waals surface area (Å²) in [6.45, 7) is 0.292. The molecule has 0 bridgehead atoms. The zero-order valence-electron chi connectivity index (χ0n) is 17.1. The summed E-state index contributed by atoms with van der Waals surface area (Å²) in [4.78, 5) is 27.5. The van der Waals surface area contributed by atoms with Crippen LogP contribution in [-0.2, 0) is 0 Å². The molecule has 0 fully saturated rings. The molecule has 0 aliphatic carbocycles. The van der Waals surface area contributed by atoms with Crippen LogP contribution in [0.4, 0.5) is 0 Å². The monoisotopic (exact) mass is 462 g/mol. The van der Waals surface area contributed by atoms with Gasteiger partial charge in [0.25, 0.3) is 11.8 Å². The van der Waals surface area contributed by atoms with Crippen molar-refractivity contribution in [3.8, 4) is 22.1 Å². The molecule has 160 valence electrons. The van der Waals surface area contributed by atoms with E-state index in [-0.39, 0.29) is 11.8 Å². The van der Waals surface area contributed by atoms with Crippen molar-refractivity contribution in [3.05, 3.63) is 77.2 Å². The average molecular weight is 463 g/mol. The summed E-state index contributed by atoms with van der Waals surface area (Å²) in [5.74, 6) is 1.52. The molecule has 1 aliphatic rings. The Morgan fingerprint density at radius 2 is 1.66 bits per heavy atom. The van der Waals surface area contributed by atoms with Crippen LogP contribution in [0.2, 0.25) is 0 Å². The molecule has 4 aromatic rings. The van der Waals surface area contributed by atoms with E-state index in [1.54, 1.807) is 42.7 Å². The quantitative estimate of drug-likeness (QED) is 0.299. The number of carbonyl (C=O) groups is 2. The highest BCUT2D eigenvalue weighted by Crippen LogP contribution is 2.31. The highest BCUT2D eigenvalue weighted by molar-refractivity contribution is 7.99. The Balaban J connectivity index is 1.38. The minimum absolute atomic E-state index is 0.248. The number of aromatic nitrogens is 3. The third kappa shape index (κ3) is 3.59. The molecule has 5 rings (SSSR count). The van der Waals surface area contributed by atoms with Crippen molar-refractivity contribution in [2.45, 2.75) is 5.16 Å². The molecule has 32 heavy (non-hydrogen) atoms. The lowest BCUT2D eigenvalue weighted by molar-refractivity contribution is 0.0664. The highest BCUT2D eigenvalue weighted by atomic mass is 32.2. The molecule has 2 aromatic carbocycles. The van der Waals surface area contributed by atoms with Gasteiger partial charge in [-0.25, -0.2) is 0 Å². The van der Waals surface area contributed by atoms with E-state index < -0.39 is 0 Å². The number of amides is 2. The maximum absolute atomic E-state index is 12.6. The largest absolute Gasteiger partial charge is 0.497 e. The van der Waals surface area contributed by atoms with E-state index in [1.165, 1.54) is 16.7 Å². The Morgan fingerprint density at radius 1 is 0.938 bits per heavy atom. The highest BCUT2D eigenvalue weighted by Gasteiger charge is 2.34. The molecule has 0 saturated heterocycles. The zero-order chi connectivity index (χ0) is 22.1. The van der Waals surface area contributed by atoms with E-state index in [0.29, 0.717) is 28.6 Å². The van der Waals surface area contributed by atoms with Crippen molar-refractivity contribution in [1.29, 1.82) is 0 Å². The first-order valence-electron chi connectivity index (χ1n) is 9.89. The van der Waals surface area contributed by atoms with Crippen molar-refractivity contribution >= 4 is 34.9 Å². The summed E-state index contributed by atoms with van der Waals surface area (Å²) >= 11 is 3.05. The Labute approximate surface area is 192 Å². The van der Waals surface area contributed by atoms with Crippen LogP contribution >= 0.6 is 23.1 Å². The minimum Gasteiger partial charge on any atom is -0.497 e. The van der Waals surface area contributed by atoms with Crippen LogP contribution in [0.1, 0.15) is 20.7 Å². The lowest BCUT2D eigenvalue weighted by atomic mass is 10.1. The third-order valence-electron chi connectivity index (χ3n) is 5.13. The van der Waals surface area contributed by atoms with E-state index in [0.717, 1.165) is 22.1 Å². The van der Waals surface area contributed by atoms with Crippen molar-refractivity contribution < 1.29 is 14.3 Å². The fourth-order valence-electron chi connectivity index (χ4n) is 3.56. The average Bonchev–Trinajstić information content (AvgIpc) is 3.55. The van der Waals surface area contributed by atoms with Gasteiger partial charge in [0.2, 0.25) is 0 Å². The first kappa shape index (κ1) is 20.5. The predicted octanol–water partition coefficient (Wildman–Crippen LogP) is 4.39. The van der Waals surface area contributed by atoms with Crippen molar-refractivity contribution in [3.63, 3.8) is 0 Å². The summed E-state index contributed by atoms with van der Waals surface area (Å²) in [5.41, 5.74) is 1.83. The van der Waals surface area contributed by atoms with Crippen LogP contribution in [0.3, 0.4) is 0 Å². The zero-order valence-corrected chi connectivity index (χ0v) is 18.7. The number of carbonyl (C=O) groups excluding carboxylic acids is 2. The molecule has 0 spiro atoms. The molecule has 0 atom stereocenters. The first-order valence-corrected chi connectivity index (χ1v) is 11.8. The topological polar surface area (TPSA) is 77.3 Å². The summed E-state index contributed by atoms with van der Waals surface area (Å²) in [7, 11) is 1.63. The van der Waals surface area contributed by atoms with Crippen molar-refractivity contribution in [2.75, 3.05) is 19.4 Å². The Hall–Kier alpha value is -3.43. The van der Waals surface area contributed by atoms with Gasteiger partial charge >= 0.3 is 0 Å². The normalized spacial score (nSPS) is 13.0. The van der Waals surface area contributed by atoms with Crippen molar-refractivity contribution in [1.82, 2.24) is 19.7 Å². The lowest BCUT2D eigenvalue weighted by Crippen LogP contribution is -2.31. The number of hydrogen-bond acceptors (Lipinski definition) is 7. The van der Waals surface area contributed by atoms with Gasteiger partial charge in [0, 0.05) is 12.3 Å². The molecule has 3 heterocycles. The number of imide groups is 1. The number of benzene rings is 2. The van der Waals surface area contributed by atoms with Gasteiger partial charge in [-0.2, -0.15) is 0 Å². The van der Waals surface area contributed by atoms with Crippen LogP contribution in [0.5, 0.6) is 5.75 Å². The number of hydrogen-bond donors (Lipinski definition) is 0. The van der Waals surface area contributed by atoms with Gasteiger partial charge in [-0.1, -0.05) is 30.0 Å². The minimum atomic E-state index is -0.248. The summed E-state index contributed by atoms with van der Waals surface area (Å²) in [6.07, 6.45) is 0. The molecular formula is C23H18N4O3S2. The Morgan fingerprint density at radius 3 is 2.28 bits per heavy atom. The summed E-state index contributed by atoms with van der Waals surface area (Å²) in [5, 5.41) is 11.5. The number of nitrogens with zero attached hydrogens (tertiary/aromatic N) is 4. The van der Waals surface area contributed by atoms with Crippen LogP contribution in [0, 0.1) is 0 Å².